The van der Waals surface area contributed by atoms with Crippen LogP contribution in [0.4, 0.5) is 5.82 Å². The third-order valence-electron chi connectivity index (χ3n) is 4.90. The fourth-order valence-electron chi connectivity index (χ4n) is 3.09. The quantitative estimate of drug-likeness (QED) is 0.362. The lowest BCUT2D eigenvalue weighted by Gasteiger charge is -2.31. The summed E-state index contributed by atoms with van der Waals surface area (Å²) in [5.74, 6) is 3.52. The van der Waals surface area contributed by atoms with Gasteiger partial charge >= 0.3 is 0 Å². The largest absolute Gasteiger partial charge is 0.357 e. The molecule has 2 aromatic rings. The molecule has 1 aliphatic heterocycles. The molecular weight excluding hydrogens is 467 g/mol. The van der Waals surface area contributed by atoms with Crippen molar-refractivity contribution in [1.82, 2.24) is 30.4 Å². The van der Waals surface area contributed by atoms with Gasteiger partial charge in [0, 0.05) is 32.9 Å². The highest BCUT2D eigenvalue weighted by Gasteiger charge is 2.16. The van der Waals surface area contributed by atoms with E-state index in [4.69, 9.17) is 0 Å². The first-order valence-electron chi connectivity index (χ1n) is 9.70. The van der Waals surface area contributed by atoms with Gasteiger partial charge in [-0.25, -0.2) is 15.0 Å². The van der Waals surface area contributed by atoms with Crippen LogP contribution in [0, 0.1) is 5.92 Å². The van der Waals surface area contributed by atoms with Gasteiger partial charge in [-0.15, -0.1) is 24.0 Å². The van der Waals surface area contributed by atoms with Crippen LogP contribution < -0.4 is 15.5 Å². The van der Waals surface area contributed by atoms with E-state index >= 15 is 0 Å². The molecule has 3 rings (SSSR count). The van der Waals surface area contributed by atoms with Gasteiger partial charge in [0.15, 0.2) is 5.96 Å². The number of aliphatic imine (C=N–C) groups is 1. The van der Waals surface area contributed by atoms with Crippen LogP contribution in [0.5, 0.6) is 0 Å². The molecule has 0 amide bonds. The Bertz CT molecular complexity index is 735. The lowest BCUT2D eigenvalue weighted by Crippen LogP contribution is -2.37. The molecule has 0 aliphatic carbocycles. The molecule has 0 atom stereocenters. The Kier molecular flexibility index (Phi) is 8.94. The number of guanidine groups is 1. The molecule has 28 heavy (non-hydrogen) atoms. The number of aryl methyl sites for hydroxylation is 1. The third-order valence-corrected chi connectivity index (χ3v) is 4.90. The smallest absolute Gasteiger partial charge is 0.191 e. The number of anilines is 1. The number of hydrogen-bond acceptors (Lipinski definition) is 5. The summed E-state index contributed by atoms with van der Waals surface area (Å²) in [5, 5.41) is 10.6. The molecule has 0 bridgehead atoms. The predicted octanol–water partition coefficient (Wildman–Crippen LogP) is 2.32. The molecule has 1 saturated heterocycles. The van der Waals surface area contributed by atoms with Crippen LogP contribution in [0.15, 0.2) is 29.6 Å². The Morgan fingerprint density at radius 1 is 1.21 bits per heavy atom. The Hall–Kier alpha value is -1.91. The Labute approximate surface area is 184 Å². The molecule has 0 radical (unpaired) electrons. The van der Waals surface area contributed by atoms with Crippen LogP contribution in [0.1, 0.15) is 38.1 Å². The van der Waals surface area contributed by atoms with Crippen molar-refractivity contribution in [2.75, 3.05) is 24.5 Å². The monoisotopic (exact) mass is 498 g/mol. The number of nitrogens with one attached hydrogen (secondary N) is 2. The molecule has 0 unspecified atom stereocenters. The van der Waals surface area contributed by atoms with E-state index in [1.54, 1.807) is 11.0 Å². The van der Waals surface area contributed by atoms with E-state index in [9.17, 15) is 0 Å². The molecule has 0 aromatic carbocycles. The molecule has 8 nitrogen and oxygen atoms in total. The summed E-state index contributed by atoms with van der Waals surface area (Å²) >= 11 is 0. The van der Waals surface area contributed by atoms with Crippen LogP contribution in [0.25, 0.3) is 0 Å². The number of nitrogens with zero attached hydrogens (tertiary/aromatic N) is 6. The summed E-state index contributed by atoms with van der Waals surface area (Å²) in [6.45, 7) is 8.53. The van der Waals surface area contributed by atoms with Crippen molar-refractivity contribution in [1.29, 1.82) is 0 Å². The van der Waals surface area contributed by atoms with Gasteiger partial charge in [0.25, 0.3) is 0 Å². The van der Waals surface area contributed by atoms with E-state index in [-0.39, 0.29) is 24.0 Å². The second-order valence-corrected chi connectivity index (χ2v) is 7.04. The normalized spacial score (nSPS) is 15.2. The van der Waals surface area contributed by atoms with Crippen LogP contribution in [0.3, 0.4) is 0 Å². The summed E-state index contributed by atoms with van der Waals surface area (Å²) < 4.78 is 1.75. The average Bonchev–Trinajstić information content (AvgIpc) is 3.10. The highest BCUT2D eigenvalue weighted by Crippen LogP contribution is 2.21. The molecular formula is C19H31IN8. The van der Waals surface area contributed by atoms with Gasteiger partial charge in [0.1, 0.15) is 18.0 Å². The summed E-state index contributed by atoms with van der Waals surface area (Å²) in [6, 6.07) is 4.23. The number of pyridine rings is 1. The molecule has 0 spiro atoms. The molecule has 2 aromatic heterocycles. The highest BCUT2D eigenvalue weighted by molar-refractivity contribution is 14.0. The summed E-state index contributed by atoms with van der Waals surface area (Å²) in [5.41, 5.74) is 1.10. The van der Waals surface area contributed by atoms with Crippen LogP contribution in [-0.2, 0) is 20.1 Å². The number of hydrogen-bond donors (Lipinski definition) is 2. The van der Waals surface area contributed by atoms with Gasteiger partial charge in [-0.05, 0) is 37.3 Å². The van der Waals surface area contributed by atoms with E-state index in [0.29, 0.717) is 13.1 Å². The molecule has 3 heterocycles. The van der Waals surface area contributed by atoms with Crippen LogP contribution >= 0.6 is 24.0 Å². The van der Waals surface area contributed by atoms with Crippen molar-refractivity contribution < 1.29 is 0 Å². The zero-order valence-corrected chi connectivity index (χ0v) is 19.3. The molecule has 1 fully saturated rings. The second kappa shape index (κ2) is 11.2. The minimum atomic E-state index is 0. The van der Waals surface area contributed by atoms with Crippen molar-refractivity contribution in [2.45, 2.75) is 39.8 Å². The first kappa shape index (κ1) is 22.4. The van der Waals surface area contributed by atoms with E-state index < -0.39 is 0 Å². The lowest BCUT2D eigenvalue weighted by atomic mass is 9.99. The van der Waals surface area contributed by atoms with E-state index in [1.807, 2.05) is 13.2 Å². The first-order valence-corrected chi connectivity index (χ1v) is 9.70. The number of halogens is 1. The fraction of sp³-hybridized carbons (Fsp3) is 0.579. The summed E-state index contributed by atoms with van der Waals surface area (Å²) in [7, 11) is 1.88. The fourth-order valence-corrected chi connectivity index (χ4v) is 3.09. The van der Waals surface area contributed by atoms with E-state index in [2.05, 4.69) is 61.6 Å². The van der Waals surface area contributed by atoms with Crippen molar-refractivity contribution in [3.05, 3.63) is 36.0 Å². The number of aromatic nitrogens is 4. The highest BCUT2D eigenvalue weighted by atomic mass is 127. The van der Waals surface area contributed by atoms with Crippen molar-refractivity contribution in [3.63, 3.8) is 0 Å². The zero-order valence-electron chi connectivity index (χ0n) is 16.9. The molecule has 9 heteroatoms. The number of piperidine rings is 1. The van der Waals surface area contributed by atoms with Gasteiger partial charge in [0.05, 0.1) is 13.1 Å². The Balaban J connectivity index is 0.00000280. The van der Waals surface area contributed by atoms with Gasteiger partial charge in [0.2, 0.25) is 0 Å². The van der Waals surface area contributed by atoms with Crippen LogP contribution in [-0.4, -0.2) is 45.3 Å². The molecule has 154 valence electrons. The maximum Gasteiger partial charge on any atom is 0.191 e. The minimum Gasteiger partial charge on any atom is -0.357 e. The standard InChI is InChI=1S/C19H30N8.HI/c1-4-20-19(23-13-18-24-14-25-26(18)3)22-12-16-5-6-17(21-11-16)27-9-7-15(2)8-10-27;/h5-6,11,14-15H,4,7-10,12-13H2,1-3H3,(H2,20,22,23);1H. The maximum absolute atomic E-state index is 4.65. The molecule has 0 saturated carbocycles. The van der Waals surface area contributed by atoms with Crippen molar-refractivity contribution in [2.24, 2.45) is 18.0 Å². The number of rotatable bonds is 6. The van der Waals surface area contributed by atoms with Gasteiger partial charge in [-0.1, -0.05) is 13.0 Å². The first-order chi connectivity index (χ1) is 13.2. The van der Waals surface area contributed by atoms with Gasteiger partial charge < -0.3 is 15.5 Å². The average molecular weight is 498 g/mol. The molecule has 2 N–H and O–H groups in total. The maximum atomic E-state index is 4.65. The predicted molar refractivity (Wildman–Crippen MR) is 123 cm³/mol. The Morgan fingerprint density at radius 3 is 2.61 bits per heavy atom. The third kappa shape index (κ3) is 6.32. The summed E-state index contributed by atoms with van der Waals surface area (Å²) in [6.07, 6.45) is 5.98. The van der Waals surface area contributed by atoms with Crippen LogP contribution in [0.2, 0.25) is 0 Å². The topological polar surface area (TPSA) is 83.3 Å². The van der Waals surface area contributed by atoms with Gasteiger partial charge in [-0.3, -0.25) is 4.68 Å². The molecule has 1 aliphatic rings. The lowest BCUT2D eigenvalue weighted by molar-refractivity contribution is 0.436. The second-order valence-electron chi connectivity index (χ2n) is 7.04. The van der Waals surface area contributed by atoms with E-state index in [0.717, 1.165) is 48.7 Å². The minimum absolute atomic E-state index is 0. The summed E-state index contributed by atoms with van der Waals surface area (Å²) in [4.78, 5) is 15.9. The van der Waals surface area contributed by atoms with Gasteiger partial charge in [-0.2, -0.15) is 5.10 Å². The van der Waals surface area contributed by atoms with Crippen molar-refractivity contribution >= 4 is 35.8 Å². The van der Waals surface area contributed by atoms with Crippen molar-refractivity contribution in [3.8, 4) is 0 Å². The zero-order chi connectivity index (χ0) is 19.1. The SMILES string of the molecule is CCNC(=NCc1ccc(N2CCC(C)CC2)nc1)NCc1ncnn1C.I. The van der Waals surface area contributed by atoms with E-state index in [1.165, 1.54) is 12.8 Å². The Morgan fingerprint density at radius 2 is 2.00 bits per heavy atom.